The highest BCUT2D eigenvalue weighted by atomic mass is 16.5. The molecule has 2 saturated heterocycles. The number of hydrogen-bond acceptors (Lipinski definition) is 4. The number of ether oxygens (including phenoxy) is 1. The Kier molecular flexibility index (Phi) is 10.7. The van der Waals surface area contributed by atoms with Gasteiger partial charge in [-0.15, -0.1) is 0 Å². The zero-order valence-corrected chi connectivity index (χ0v) is 19.8. The van der Waals surface area contributed by atoms with E-state index in [9.17, 15) is 0 Å². The molecule has 1 aromatic heterocycles. The predicted octanol–water partition coefficient (Wildman–Crippen LogP) is 4.07. The van der Waals surface area contributed by atoms with E-state index in [0.717, 1.165) is 50.4 Å². The number of aliphatic imine (C=N–C) groups is 1. The van der Waals surface area contributed by atoms with Crippen LogP contribution in [0.5, 0.6) is 0 Å². The normalized spacial score (nSPS) is 22.0. The van der Waals surface area contributed by atoms with Gasteiger partial charge in [-0.3, -0.25) is 4.99 Å². The van der Waals surface area contributed by atoms with Crippen molar-refractivity contribution in [1.82, 2.24) is 15.5 Å². The first-order valence-electron chi connectivity index (χ1n) is 12.6. The van der Waals surface area contributed by atoms with Crippen molar-refractivity contribution >= 4 is 5.96 Å². The number of piperidine rings is 1. The topological polar surface area (TPSA) is 62.0 Å². The van der Waals surface area contributed by atoms with E-state index in [4.69, 9.17) is 14.1 Å². The molecule has 3 rings (SSSR count). The molecule has 0 aliphatic carbocycles. The van der Waals surface area contributed by atoms with Crippen LogP contribution in [0.1, 0.15) is 64.6 Å². The van der Waals surface area contributed by atoms with Gasteiger partial charge in [-0.2, -0.15) is 0 Å². The Bertz CT molecular complexity index is 605. The summed E-state index contributed by atoms with van der Waals surface area (Å²) in [5.74, 6) is 3.41. The van der Waals surface area contributed by atoms with Crippen molar-refractivity contribution in [2.75, 3.05) is 45.9 Å². The molecular weight excluding hydrogens is 388 g/mol. The molecule has 0 spiro atoms. The lowest BCUT2D eigenvalue weighted by atomic mass is 10.00. The van der Waals surface area contributed by atoms with E-state index in [1.807, 2.05) is 12.1 Å². The standard InChI is InChI=1S/C25H44N4O2/c1-3-5-7-21(4-2)18-27-25(26-13-9-24-8-6-16-31-24)28-23-10-14-29(15-11-23)19-22-12-17-30-20-22/h6,8,16,21-23H,3-5,7,9-15,17-20H2,1-2H3,(H2,26,27,28). The second-order valence-corrected chi connectivity index (χ2v) is 9.31. The van der Waals surface area contributed by atoms with Gasteiger partial charge >= 0.3 is 0 Å². The van der Waals surface area contributed by atoms with Crippen molar-refractivity contribution in [3.8, 4) is 0 Å². The smallest absolute Gasteiger partial charge is 0.191 e. The van der Waals surface area contributed by atoms with Crippen molar-refractivity contribution in [2.24, 2.45) is 16.8 Å². The van der Waals surface area contributed by atoms with Crippen molar-refractivity contribution in [1.29, 1.82) is 0 Å². The number of likely N-dealkylation sites (tertiary alicyclic amines) is 1. The first-order chi connectivity index (χ1) is 15.3. The summed E-state index contributed by atoms with van der Waals surface area (Å²) in [6.07, 6.45) is 11.2. The molecule has 0 bridgehead atoms. The van der Waals surface area contributed by atoms with Crippen molar-refractivity contribution < 1.29 is 9.15 Å². The molecule has 2 atom stereocenters. The molecule has 31 heavy (non-hydrogen) atoms. The van der Waals surface area contributed by atoms with Crippen LogP contribution in [0.15, 0.2) is 27.8 Å². The molecule has 176 valence electrons. The number of hydrogen-bond donors (Lipinski definition) is 2. The Balaban J connectivity index is 1.47. The maximum Gasteiger partial charge on any atom is 0.191 e. The monoisotopic (exact) mass is 432 g/mol. The van der Waals surface area contributed by atoms with Gasteiger partial charge in [-0.05, 0) is 49.7 Å². The van der Waals surface area contributed by atoms with Gasteiger partial charge in [0.25, 0.3) is 0 Å². The minimum Gasteiger partial charge on any atom is -0.469 e. The fourth-order valence-electron chi connectivity index (χ4n) is 4.59. The summed E-state index contributed by atoms with van der Waals surface area (Å²) in [5, 5.41) is 7.30. The Morgan fingerprint density at radius 3 is 2.81 bits per heavy atom. The Hall–Kier alpha value is -1.53. The number of rotatable bonds is 12. The van der Waals surface area contributed by atoms with Crippen LogP contribution < -0.4 is 10.6 Å². The van der Waals surface area contributed by atoms with Crippen LogP contribution in [-0.2, 0) is 11.2 Å². The van der Waals surface area contributed by atoms with E-state index in [2.05, 4.69) is 29.4 Å². The highest BCUT2D eigenvalue weighted by Crippen LogP contribution is 2.18. The Morgan fingerprint density at radius 2 is 2.13 bits per heavy atom. The quantitative estimate of drug-likeness (QED) is 0.385. The molecule has 6 nitrogen and oxygen atoms in total. The summed E-state index contributed by atoms with van der Waals surface area (Å²) < 4.78 is 11.0. The number of nitrogens with zero attached hydrogens (tertiary/aromatic N) is 2. The molecule has 2 aliphatic heterocycles. The molecule has 6 heteroatoms. The van der Waals surface area contributed by atoms with Crippen molar-refractivity contribution in [3.63, 3.8) is 0 Å². The maximum atomic E-state index is 5.55. The summed E-state index contributed by atoms with van der Waals surface area (Å²) >= 11 is 0. The average Bonchev–Trinajstić information content (AvgIpc) is 3.49. The lowest BCUT2D eigenvalue weighted by Gasteiger charge is -2.34. The van der Waals surface area contributed by atoms with Crippen molar-refractivity contribution in [2.45, 2.75) is 71.3 Å². The van der Waals surface area contributed by atoms with E-state index in [1.165, 1.54) is 64.6 Å². The second kappa shape index (κ2) is 13.8. The van der Waals surface area contributed by atoms with Crippen molar-refractivity contribution in [3.05, 3.63) is 24.2 Å². The van der Waals surface area contributed by atoms with E-state index in [-0.39, 0.29) is 0 Å². The van der Waals surface area contributed by atoms with Crippen LogP contribution in [0.2, 0.25) is 0 Å². The molecular formula is C25H44N4O2. The Morgan fingerprint density at radius 1 is 1.26 bits per heavy atom. The average molecular weight is 433 g/mol. The molecule has 2 N–H and O–H groups in total. The number of furan rings is 1. The Labute approximate surface area is 189 Å². The molecule has 2 aliphatic rings. The van der Waals surface area contributed by atoms with Gasteiger partial charge in [0.05, 0.1) is 12.9 Å². The van der Waals surface area contributed by atoms with Crippen LogP contribution >= 0.6 is 0 Å². The van der Waals surface area contributed by atoms with Crippen LogP contribution in [0, 0.1) is 11.8 Å². The highest BCUT2D eigenvalue weighted by Gasteiger charge is 2.24. The second-order valence-electron chi connectivity index (χ2n) is 9.31. The fourth-order valence-corrected chi connectivity index (χ4v) is 4.59. The molecule has 0 aromatic carbocycles. The number of unbranched alkanes of at least 4 members (excludes halogenated alkanes) is 1. The zero-order chi connectivity index (χ0) is 21.7. The van der Waals surface area contributed by atoms with Crippen LogP contribution in [-0.4, -0.2) is 62.8 Å². The summed E-state index contributed by atoms with van der Waals surface area (Å²) in [7, 11) is 0. The van der Waals surface area contributed by atoms with E-state index >= 15 is 0 Å². The molecule has 1 aromatic rings. The van der Waals surface area contributed by atoms with Gasteiger partial charge < -0.3 is 24.7 Å². The van der Waals surface area contributed by atoms with Crippen LogP contribution in [0.25, 0.3) is 0 Å². The summed E-state index contributed by atoms with van der Waals surface area (Å²) in [5.41, 5.74) is 0. The van der Waals surface area contributed by atoms with Crippen LogP contribution in [0.3, 0.4) is 0 Å². The third-order valence-corrected chi connectivity index (χ3v) is 6.76. The molecule has 0 amide bonds. The first kappa shape index (κ1) is 24.1. The van der Waals surface area contributed by atoms with Gasteiger partial charge in [0, 0.05) is 51.8 Å². The zero-order valence-electron chi connectivity index (χ0n) is 19.8. The van der Waals surface area contributed by atoms with E-state index < -0.39 is 0 Å². The van der Waals surface area contributed by atoms with E-state index in [1.54, 1.807) is 6.26 Å². The molecule has 3 heterocycles. The fraction of sp³-hybridized carbons (Fsp3) is 0.800. The minimum absolute atomic E-state index is 0.502. The minimum atomic E-state index is 0.502. The van der Waals surface area contributed by atoms with Gasteiger partial charge in [0.15, 0.2) is 5.96 Å². The maximum absolute atomic E-state index is 5.55. The van der Waals surface area contributed by atoms with Crippen LogP contribution in [0.4, 0.5) is 0 Å². The number of guanidine groups is 1. The summed E-state index contributed by atoms with van der Waals surface area (Å²) in [6, 6.07) is 4.49. The summed E-state index contributed by atoms with van der Waals surface area (Å²) in [6.45, 7) is 11.7. The molecule has 2 unspecified atom stereocenters. The largest absolute Gasteiger partial charge is 0.469 e. The van der Waals surface area contributed by atoms with Gasteiger partial charge in [0.1, 0.15) is 5.76 Å². The molecule has 2 fully saturated rings. The SMILES string of the molecule is CCCCC(CC)CN=C(NCCc1ccco1)NC1CCN(CC2CCOC2)CC1. The van der Waals surface area contributed by atoms with Gasteiger partial charge in [-0.25, -0.2) is 0 Å². The van der Waals surface area contributed by atoms with Gasteiger partial charge in [-0.1, -0.05) is 33.1 Å². The highest BCUT2D eigenvalue weighted by molar-refractivity contribution is 5.80. The lowest BCUT2D eigenvalue weighted by Crippen LogP contribution is -2.49. The summed E-state index contributed by atoms with van der Waals surface area (Å²) in [4.78, 5) is 7.62. The van der Waals surface area contributed by atoms with E-state index in [0.29, 0.717) is 12.0 Å². The third kappa shape index (κ3) is 8.85. The first-order valence-corrected chi connectivity index (χ1v) is 12.6. The number of nitrogens with one attached hydrogen (secondary N) is 2. The molecule has 0 radical (unpaired) electrons. The molecule has 0 saturated carbocycles. The predicted molar refractivity (Wildman–Crippen MR) is 128 cm³/mol. The lowest BCUT2D eigenvalue weighted by molar-refractivity contribution is 0.150. The third-order valence-electron chi connectivity index (χ3n) is 6.76. The van der Waals surface area contributed by atoms with Gasteiger partial charge in [0.2, 0.25) is 0 Å².